The van der Waals surface area contributed by atoms with Gasteiger partial charge in [0.1, 0.15) is 0 Å². The molecule has 7 nitrogen and oxygen atoms in total. The fourth-order valence-corrected chi connectivity index (χ4v) is 3.73. The molecular formula is C20H30N4O3. The Balaban J connectivity index is 1.67. The molecular weight excluding hydrogens is 344 g/mol. The van der Waals surface area contributed by atoms with Gasteiger partial charge >= 0.3 is 6.03 Å². The SMILES string of the molecule is COCCNC(=O)N1CCCC(N(Cc2cccnc2)C(=O)C2CCC2)C1. The van der Waals surface area contributed by atoms with Crippen LogP contribution in [0.25, 0.3) is 0 Å². The molecule has 1 aromatic rings. The molecule has 27 heavy (non-hydrogen) atoms. The van der Waals surface area contributed by atoms with Crippen LogP contribution in [0.2, 0.25) is 0 Å². The number of urea groups is 1. The van der Waals surface area contributed by atoms with E-state index in [0.29, 0.717) is 26.2 Å². The molecule has 1 saturated carbocycles. The first-order valence-corrected chi connectivity index (χ1v) is 9.90. The lowest BCUT2D eigenvalue weighted by molar-refractivity contribution is -0.142. The zero-order valence-corrected chi connectivity index (χ0v) is 16.1. The number of carbonyl (C=O) groups excluding carboxylic acids is 2. The van der Waals surface area contributed by atoms with E-state index in [1.807, 2.05) is 28.1 Å². The van der Waals surface area contributed by atoms with Gasteiger partial charge in [0, 0.05) is 57.6 Å². The van der Waals surface area contributed by atoms with Crippen LogP contribution in [0.15, 0.2) is 24.5 Å². The van der Waals surface area contributed by atoms with Crippen molar-refractivity contribution in [3.8, 4) is 0 Å². The second-order valence-electron chi connectivity index (χ2n) is 7.42. The number of aromatic nitrogens is 1. The highest BCUT2D eigenvalue weighted by molar-refractivity contribution is 5.80. The van der Waals surface area contributed by atoms with E-state index in [0.717, 1.165) is 44.2 Å². The van der Waals surface area contributed by atoms with Crippen molar-refractivity contribution in [3.05, 3.63) is 30.1 Å². The van der Waals surface area contributed by atoms with E-state index in [4.69, 9.17) is 4.74 Å². The average Bonchev–Trinajstić information content (AvgIpc) is 2.65. The molecule has 148 valence electrons. The van der Waals surface area contributed by atoms with E-state index in [9.17, 15) is 9.59 Å². The van der Waals surface area contributed by atoms with Crippen molar-refractivity contribution in [1.82, 2.24) is 20.1 Å². The van der Waals surface area contributed by atoms with Gasteiger partial charge in [0.2, 0.25) is 5.91 Å². The molecule has 1 saturated heterocycles. The summed E-state index contributed by atoms with van der Waals surface area (Å²) >= 11 is 0. The van der Waals surface area contributed by atoms with Crippen molar-refractivity contribution in [2.24, 2.45) is 5.92 Å². The van der Waals surface area contributed by atoms with Crippen LogP contribution in [0.3, 0.4) is 0 Å². The van der Waals surface area contributed by atoms with Crippen LogP contribution >= 0.6 is 0 Å². The number of nitrogens with zero attached hydrogens (tertiary/aromatic N) is 3. The molecule has 0 aromatic carbocycles. The van der Waals surface area contributed by atoms with Crippen molar-refractivity contribution < 1.29 is 14.3 Å². The van der Waals surface area contributed by atoms with Crippen LogP contribution in [0.5, 0.6) is 0 Å². The van der Waals surface area contributed by atoms with Crippen LogP contribution in [0, 0.1) is 5.92 Å². The van der Waals surface area contributed by atoms with Crippen molar-refractivity contribution in [2.75, 3.05) is 33.4 Å². The zero-order valence-electron chi connectivity index (χ0n) is 16.1. The largest absolute Gasteiger partial charge is 0.383 e. The molecule has 1 atom stereocenters. The third-order valence-corrected chi connectivity index (χ3v) is 5.52. The molecule has 2 fully saturated rings. The van der Waals surface area contributed by atoms with Gasteiger partial charge in [0.05, 0.1) is 6.61 Å². The van der Waals surface area contributed by atoms with Gasteiger partial charge in [-0.1, -0.05) is 12.5 Å². The van der Waals surface area contributed by atoms with Crippen LogP contribution in [0.1, 0.15) is 37.7 Å². The number of pyridine rings is 1. The highest BCUT2D eigenvalue weighted by Crippen LogP contribution is 2.31. The Morgan fingerprint density at radius 3 is 2.85 bits per heavy atom. The maximum absolute atomic E-state index is 13.1. The molecule has 0 bridgehead atoms. The molecule has 1 unspecified atom stereocenters. The summed E-state index contributed by atoms with van der Waals surface area (Å²) in [4.78, 5) is 33.5. The number of rotatable bonds is 7. The number of ether oxygens (including phenoxy) is 1. The maximum Gasteiger partial charge on any atom is 0.317 e. The Morgan fingerprint density at radius 1 is 1.33 bits per heavy atom. The Kier molecular flexibility index (Phi) is 7.04. The molecule has 0 radical (unpaired) electrons. The summed E-state index contributed by atoms with van der Waals surface area (Å²) in [6, 6.07) is 3.89. The quantitative estimate of drug-likeness (QED) is 0.741. The smallest absolute Gasteiger partial charge is 0.317 e. The minimum absolute atomic E-state index is 0.0558. The summed E-state index contributed by atoms with van der Waals surface area (Å²) in [7, 11) is 1.62. The van der Waals surface area contributed by atoms with Gasteiger partial charge in [-0.2, -0.15) is 0 Å². The van der Waals surface area contributed by atoms with Crippen LogP contribution in [-0.2, 0) is 16.1 Å². The lowest BCUT2D eigenvalue weighted by Crippen LogP contribution is -2.55. The third-order valence-electron chi connectivity index (χ3n) is 5.52. The maximum atomic E-state index is 13.1. The third kappa shape index (κ3) is 5.19. The van der Waals surface area contributed by atoms with E-state index in [2.05, 4.69) is 10.3 Å². The van der Waals surface area contributed by atoms with Crippen LogP contribution in [0.4, 0.5) is 4.79 Å². The number of hydrogen-bond donors (Lipinski definition) is 1. The van der Waals surface area contributed by atoms with E-state index in [1.165, 1.54) is 0 Å². The highest BCUT2D eigenvalue weighted by Gasteiger charge is 2.35. The summed E-state index contributed by atoms with van der Waals surface area (Å²) in [6.07, 6.45) is 8.50. The summed E-state index contributed by atoms with van der Waals surface area (Å²) in [6.45, 7) is 2.87. The van der Waals surface area contributed by atoms with Gasteiger partial charge in [0.25, 0.3) is 0 Å². The first-order valence-electron chi connectivity index (χ1n) is 9.90. The molecule has 1 aliphatic carbocycles. The standard InChI is InChI=1S/C20H30N4O3/c1-27-12-10-22-20(26)23-11-4-8-18(15-23)24(19(25)17-6-2-7-17)14-16-5-3-9-21-13-16/h3,5,9,13,17-18H,2,4,6-8,10-12,14-15H2,1H3,(H,22,26). The Labute approximate surface area is 161 Å². The highest BCUT2D eigenvalue weighted by atomic mass is 16.5. The summed E-state index contributed by atoms with van der Waals surface area (Å²) in [5.74, 6) is 0.379. The van der Waals surface area contributed by atoms with E-state index >= 15 is 0 Å². The number of nitrogens with one attached hydrogen (secondary N) is 1. The van der Waals surface area contributed by atoms with Crippen LogP contribution in [-0.4, -0.2) is 66.1 Å². The Bertz CT molecular complexity index is 621. The second kappa shape index (κ2) is 9.69. The summed E-state index contributed by atoms with van der Waals surface area (Å²) in [5.41, 5.74) is 1.03. The molecule has 1 aromatic heterocycles. The van der Waals surface area contributed by atoms with Gasteiger partial charge in [-0.05, 0) is 37.3 Å². The molecule has 3 amide bonds. The fraction of sp³-hybridized carbons (Fsp3) is 0.650. The average molecular weight is 374 g/mol. The molecule has 1 N–H and O–H groups in total. The minimum atomic E-state index is -0.0748. The molecule has 1 aliphatic heterocycles. The fourth-order valence-electron chi connectivity index (χ4n) is 3.73. The topological polar surface area (TPSA) is 74.8 Å². The number of likely N-dealkylation sites (tertiary alicyclic amines) is 1. The van der Waals surface area contributed by atoms with E-state index in [1.54, 1.807) is 13.3 Å². The monoisotopic (exact) mass is 374 g/mol. The number of piperidine rings is 1. The Morgan fingerprint density at radius 2 is 2.19 bits per heavy atom. The van der Waals surface area contributed by atoms with Crippen molar-refractivity contribution >= 4 is 11.9 Å². The minimum Gasteiger partial charge on any atom is -0.383 e. The number of amides is 3. The summed E-state index contributed by atoms with van der Waals surface area (Å²) < 4.78 is 4.99. The van der Waals surface area contributed by atoms with Crippen molar-refractivity contribution in [2.45, 2.75) is 44.7 Å². The van der Waals surface area contributed by atoms with Gasteiger partial charge in [-0.15, -0.1) is 0 Å². The van der Waals surface area contributed by atoms with Gasteiger partial charge in [0.15, 0.2) is 0 Å². The van der Waals surface area contributed by atoms with Gasteiger partial charge < -0.3 is 19.9 Å². The van der Waals surface area contributed by atoms with Gasteiger partial charge in [-0.3, -0.25) is 9.78 Å². The number of carbonyl (C=O) groups is 2. The van der Waals surface area contributed by atoms with Crippen LogP contribution < -0.4 is 5.32 Å². The van der Waals surface area contributed by atoms with E-state index < -0.39 is 0 Å². The first-order chi connectivity index (χ1) is 13.2. The molecule has 3 rings (SSSR count). The normalized spacial score (nSPS) is 20.0. The molecule has 2 heterocycles. The lowest BCUT2D eigenvalue weighted by Gasteiger charge is -2.42. The molecule has 0 spiro atoms. The predicted molar refractivity (Wildman–Crippen MR) is 102 cm³/mol. The number of methoxy groups -OCH3 is 1. The number of hydrogen-bond acceptors (Lipinski definition) is 4. The summed E-state index contributed by atoms with van der Waals surface area (Å²) in [5, 5.41) is 2.89. The lowest BCUT2D eigenvalue weighted by atomic mass is 9.83. The predicted octanol–water partition coefficient (Wildman–Crippen LogP) is 2.03. The molecule has 2 aliphatic rings. The van der Waals surface area contributed by atoms with Gasteiger partial charge in [-0.25, -0.2) is 4.79 Å². The second-order valence-corrected chi connectivity index (χ2v) is 7.42. The Hall–Kier alpha value is -2.15. The first kappa shape index (κ1) is 19.6. The van der Waals surface area contributed by atoms with Crippen molar-refractivity contribution in [1.29, 1.82) is 0 Å². The molecule has 7 heteroatoms. The zero-order chi connectivity index (χ0) is 19.1. The van der Waals surface area contributed by atoms with E-state index in [-0.39, 0.29) is 23.9 Å². The van der Waals surface area contributed by atoms with Crippen molar-refractivity contribution in [3.63, 3.8) is 0 Å².